The highest BCUT2D eigenvalue weighted by Crippen LogP contribution is 2.46. The molecule has 1 aromatic heterocycles. The number of aromatic nitrogens is 1. The highest BCUT2D eigenvalue weighted by Gasteiger charge is 2.37. The molecule has 2 aliphatic heterocycles. The van der Waals surface area contributed by atoms with E-state index in [1.807, 2.05) is 17.2 Å². The molecule has 38 heavy (non-hydrogen) atoms. The second-order valence-corrected chi connectivity index (χ2v) is 12.8. The SMILES string of the molecule is O=C(O)C(=O)N1CCC(CC(=O)N2CCC([C@H]3c4ncc(Br)cc4CCc4cc(Cl)cc(Br)c43)CC2)CC1. The van der Waals surface area contributed by atoms with Crippen molar-refractivity contribution in [3.05, 3.63) is 60.7 Å². The summed E-state index contributed by atoms with van der Waals surface area (Å²) in [6, 6.07) is 6.25. The molecule has 1 aromatic carbocycles. The van der Waals surface area contributed by atoms with Crippen molar-refractivity contribution in [2.45, 2.75) is 50.9 Å². The smallest absolute Gasteiger partial charge is 0.394 e. The average molecular weight is 668 g/mol. The van der Waals surface area contributed by atoms with Crippen LogP contribution in [0.3, 0.4) is 0 Å². The summed E-state index contributed by atoms with van der Waals surface area (Å²) in [6.07, 6.45) is 7.27. The second-order valence-electron chi connectivity index (χ2n) is 10.6. The molecule has 2 amide bonds. The number of carbonyl (C=O) groups is 3. The molecular formula is C28H30Br2ClN3O4. The van der Waals surface area contributed by atoms with E-state index < -0.39 is 11.9 Å². The Hall–Kier alpha value is -1.97. The number of aryl methyl sites for hydroxylation is 2. The number of nitrogens with zero attached hydrogens (tertiary/aromatic N) is 3. The molecule has 0 unspecified atom stereocenters. The Kier molecular flexibility index (Phi) is 8.45. The minimum atomic E-state index is -1.42. The van der Waals surface area contributed by atoms with E-state index in [1.165, 1.54) is 21.6 Å². The van der Waals surface area contributed by atoms with E-state index in [4.69, 9.17) is 21.7 Å². The fourth-order valence-corrected chi connectivity index (χ4v) is 7.86. The normalized spacial score (nSPS) is 20.4. The Morgan fingerprint density at radius 2 is 1.61 bits per heavy atom. The summed E-state index contributed by atoms with van der Waals surface area (Å²) in [4.78, 5) is 44.1. The molecule has 1 atom stereocenters. The van der Waals surface area contributed by atoms with Crippen LogP contribution in [0, 0.1) is 11.8 Å². The van der Waals surface area contributed by atoms with Crippen LogP contribution in [0.25, 0.3) is 0 Å². The van der Waals surface area contributed by atoms with Gasteiger partial charge in [-0.15, -0.1) is 0 Å². The van der Waals surface area contributed by atoms with E-state index in [0.717, 1.165) is 45.3 Å². The zero-order valence-electron chi connectivity index (χ0n) is 21.0. The Morgan fingerprint density at radius 1 is 0.947 bits per heavy atom. The van der Waals surface area contributed by atoms with E-state index in [-0.39, 0.29) is 17.7 Å². The lowest BCUT2D eigenvalue weighted by Gasteiger charge is -2.38. The number of aliphatic carboxylic acids is 1. The number of pyridine rings is 1. The lowest BCUT2D eigenvalue weighted by molar-refractivity contribution is -0.156. The number of carboxylic acids is 1. The van der Waals surface area contributed by atoms with Gasteiger partial charge in [0.1, 0.15) is 0 Å². The van der Waals surface area contributed by atoms with Gasteiger partial charge >= 0.3 is 11.9 Å². The van der Waals surface area contributed by atoms with Crippen LogP contribution in [0.2, 0.25) is 5.02 Å². The third kappa shape index (κ3) is 5.80. The van der Waals surface area contributed by atoms with Crippen LogP contribution in [0.5, 0.6) is 0 Å². The minimum Gasteiger partial charge on any atom is -0.474 e. The molecule has 0 spiro atoms. The van der Waals surface area contributed by atoms with Crippen molar-refractivity contribution in [1.29, 1.82) is 0 Å². The number of amides is 2. The molecule has 0 bridgehead atoms. The number of hydrogen-bond acceptors (Lipinski definition) is 4. The van der Waals surface area contributed by atoms with Gasteiger partial charge in [-0.3, -0.25) is 14.6 Å². The topological polar surface area (TPSA) is 90.8 Å². The van der Waals surface area contributed by atoms with Crippen LogP contribution in [-0.2, 0) is 27.2 Å². The van der Waals surface area contributed by atoms with Gasteiger partial charge in [-0.25, -0.2) is 4.79 Å². The monoisotopic (exact) mass is 665 g/mol. The lowest BCUT2D eigenvalue weighted by atomic mass is 9.76. The minimum absolute atomic E-state index is 0.135. The van der Waals surface area contributed by atoms with Crippen molar-refractivity contribution in [2.75, 3.05) is 26.2 Å². The molecule has 3 aliphatic rings. The predicted octanol–water partition coefficient (Wildman–Crippen LogP) is 5.44. The summed E-state index contributed by atoms with van der Waals surface area (Å²) in [5.74, 6) is -1.44. The van der Waals surface area contributed by atoms with Crippen LogP contribution in [0.4, 0.5) is 0 Å². The molecule has 2 aromatic rings. The molecule has 1 aliphatic carbocycles. The highest BCUT2D eigenvalue weighted by molar-refractivity contribution is 9.10. The summed E-state index contributed by atoms with van der Waals surface area (Å²) < 4.78 is 2.01. The van der Waals surface area contributed by atoms with Gasteiger partial charge in [0.2, 0.25) is 5.91 Å². The molecule has 0 saturated carbocycles. The number of carbonyl (C=O) groups excluding carboxylic acids is 2. The fourth-order valence-electron chi connectivity index (χ4n) is 6.36. The third-order valence-electron chi connectivity index (χ3n) is 8.33. The zero-order chi connectivity index (χ0) is 27.0. The van der Waals surface area contributed by atoms with E-state index in [1.54, 1.807) is 0 Å². The molecule has 0 radical (unpaired) electrons. The largest absolute Gasteiger partial charge is 0.474 e. The van der Waals surface area contributed by atoms with Gasteiger partial charge in [-0.2, -0.15) is 0 Å². The van der Waals surface area contributed by atoms with E-state index >= 15 is 0 Å². The van der Waals surface area contributed by atoms with Gasteiger partial charge in [0.05, 0.1) is 5.69 Å². The molecular weight excluding hydrogens is 638 g/mol. The van der Waals surface area contributed by atoms with Gasteiger partial charge in [-0.1, -0.05) is 27.5 Å². The van der Waals surface area contributed by atoms with Gasteiger partial charge in [0.25, 0.3) is 0 Å². The van der Waals surface area contributed by atoms with E-state index in [9.17, 15) is 14.4 Å². The Bertz CT molecular complexity index is 1260. The highest BCUT2D eigenvalue weighted by atomic mass is 79.9. The van der Waals surface area contributed by atoms with Crippen molar-refractivity contribution in [1.82, 2.24) is 14.8 Å². The summed E-state index contributed by atoms with van der Waals surface area (Å²) in [5, 5.41) is 9.66. The van der Waals surface area contributed by atoms with Gasteiger partial charge in [0.15, 0.2) is 0 Å². The van der Waals surface area contributed by atoms with Gasteiger partial charge in [-0.05, 0) is 101 Å². The van der Waals surface area contributed by atoms with Crippen molar-refractivity contribution in [2.24, 2.45) is 11.8 Å². The first-order valence-electron chi connectivity index (χ1n) is 13.1. The Labute approximate surface area is 244 Å². The first-order chi connectivity index (χ1) is 18.2. The first-order valence-corrected chi connectivity index (χ1v) is 15.1. The van der Waals surface area contributed by atoms with Gasteiger partial charge in [0, 0.05) is 58.7 Å². The molecule has 202 valence electrons. The number of hydrogen-bond donors (Lipinski definition) is 1. The summed E-state index contributed by atoms with van der Waals surface area (Å²) >= 11 is 13.8. The maximum absolute atomic E-state index is 13.2. The van der Waals surface area contributed by atoms with Crippen LogP contribution in [0.1, 0.15) is 60.4 Å². The summed E-state index contributed by atoms with van der Waals surface area (Å²) in [6.45, 7) is 2.22. The van der Waals surface area contributed by atoms with E-state index in [2.05, 4.69) is 44.0 Å². The number of benzene rings is 1. The summed E-state index contributed by atoms with van der Waals surface area (Å²) in [7, 11) is 0. The number of likely N-dealkylation sites (tertiary alicyclic amines) is 2. The molecule has 3 heterocycles. The van der Waals surface area contributed by atoms with Crippen LogP contribution >= 0.6 is 43.5 Å². The Morgan fingerprint density at radius 3 is 2.29 bits per heavy atom. The lowest BCUT2D eigenvalue weighted by Crippen LogP contribution is -2.44. The predicted molar refractivity (Wildman–Crippen MR) is 151 cm³/mol. The first kappa shape index (κ1) is 27.6. The van der Waals surface area contributed by atoms with Crippen molar-refractivity contribution in [3.63, 3.8) is 0 Å². The third-order valence-corrected chi connectivity index (χ3v) is 9.64. The van der Waals surface area contributed by atoms with Crippen LogP contribution in [-0.4, -0.2) is 63.9 Å². The number of piperidine rings is 2. The number of fused-ring (bicyclic) bond motifs is 2. The maximum Gasteiger partial charge on any atom is 0.394 e. The maximum atomic E-state index is 13.2. The molecule has 2 saturated heterocycles. The average Bonchev–Trinajstić information content (AvgIpc) is 3.05. The van der Waals surface area contributed by atoms with Crippen molar-refractivity contribution in [3.8, 4) is 0 Å². The molecule has 1 N–H and O–H groups in total. The molecule has 10 heteroatoms. The van der Waals surface area contributed by atoms with Crippen molar-refractivity contribution >= 4 is 61.2 Å². The quantitative estimate of drug-likeness (QED) is 0.441. The van der Waals surface area contributed by atoms with Crippen LogP contribution < -0.4 is 0 Å². The fraction of sp³-hybridized carbons (Fsp3) is 0.500. The number of carboxylic acid groups (broad SMARTS) is 1. The zero-order valence-corrected chi connectivity index (χ0v) is 24.9. The molecule has 5 rings (SSSR count). The standard InChI is InChI=1S/C28H30Br2ClN3O4/c29-20-12-19-2-1-18-13-21(31)14-22(30)24(18)25(26(19)32-15-20)17-5-9-33(10-6-17)23(35)11-16-3-7-34(8-4-16)27(36)28(37)38/h12-17,25H,1-11H2,(H,37,38)/t25-/m1/s1. The second kappa shape index (κ2) is 11.6. The summed E-state index contributed by atoms with van der Waals surface area (Å²) in [5.41, 5.74) is 4.92. The number of rotatable bonds is 3. The van der Waals surface area contributed by atoms with E-state index in [0.29, 0.717) is 51.4 Å². The Balaban J connectivity index is 1.27. The van der Waals surface area contributed by atoms with Crippen LogP contribution in [0.15, 0.2) is 33.3 Å². The molecule has 2 fully saturated rings. The molecule has 7 nitrogen and oxygen atoms in total. The van der Waals surface area contributed by atoms with Crippen molar-refractivity contribution < 1.29 is 19.5 Å². The number of halogens is 3. The van der Waals surface area contributed by atoms with Gasteiger partial charge < -0.3 is 14.9 Å².